The monoisotopic (exact) mass is 318 g/mol. The maximum atomic E-state index is 11.0. The first kappa shape index (κ1) is 16.4. The standard InChI is InChI=1S/C13H14N6O4/c14-17-15-6-5-12(20)13(21)9-7-16-18(8-9)10-3-1-2-4-11(10)19(22)23/h1-4,7-8,12-13,20-21H,5-6H2. The van der Waals surface area contributed by atoms with Crippen molar-refractivity contribution >= 4 is 5.69 Å². The first-order valence-electron chi connectivity index (χ1n) is 6.70. The number of nitro groups is 1. The van der Waals surface area contributed by atoms with Gasteiger partial charge >= 0.3 is 0 Å². The van der Waals surface area contributed by atoms with Gasteiger partial charge < -0.3 is 10.2 Å². The first-order chi connectivity index (χ1) is 11.0. The molecule has 1 aromatic heterocycles. The van der Waals surface area contributed by atoms with Crippen molar-refractivity contribution in [2.75, 3.05) is 6.54 Å². The summed E-state index contributed by atoms with van der Waals surface area (Å²) < 4.78 is 1.26. The lowest BCUT2D eigenvalue weighted by molar-refractivity contribution is -0.384. The molecular weight excluding hydrogens is 304 g/mol. The van der Waals surface area contributed by atoms with E-state index in [0.29, 0.717) is 5.56 Å². The Bertz CT molecular complexity index is 740. The van der Waals surface area contributed by atoms with Crippen LogP contribution in [-0.2, 0) is 0 Å². The van der Waals surface area contributed by atoms with E-state index in [0.717, 1.165) is 0 Å². The zero-order valence-corrected chi connectivity index (χ0v) is 11.9. The van der Waals surface area contributed by atoms with E-state index in [4.69, 9.17) is 5.53 Å². The highest BCUT2D eigenvalue weighted by Crippen LogP contribution is 2.24. The summed E-state index contributed by atoms with van der Waals surface area (Å²) in [5.41, 5.74) is 8.61. The Morgan fingerprint density at radius 3 is 2.87 bits per heavy atom. The molecule has 0 fully saturated rings. The van der Waals surface area contributed by atoms with Crippen molar-refractivity contribution in [1.29, 1.82) is 0 Å². The van der Waals surface area contributed by atoms with Gasteiger partial charge in [0.25, 0.3) is 5.69 Å². The summed E-state index contributed by atoms with van der Waals surface area (Å²) in [5.74, 6) is 0. The number of azide groups is 1. The van der Waals surface area contributed by atoms with Crippen molar-refractivity contribution in [1.82, 2.24) is 9.78 Å². The molecular formula is C13H14N6O4. The van der Waals surface area contributed by atoms with E-state index in [-0.39, 0.29) is 24.3 Å². The molecule has 10 nitrogen and oxygen atoms in total. The van der Waals surface area contributed by atoms with Crippen molar-refractivity contribution in [3.63, 3.8) is 0 Å². The van der Waals surface area contributed by atoms with Crippen LogP contribution in [0.4, 0.5) is 5.69 Å². The lowest BCUT2D eigenvalue weighted by atomic mass is 10.1. The minimum atomic E-state index is -1.24. The molecule has 120 valence electrons. The van der Waals surface area contributed by atoms with Gasteiger partial charge in [0.1, 0.15) is 11.8 Å². The number of hydrogen-bond acceptors (Lipinski definition) is 6. The summed E-state index contributed by atoms with van der Waals surface area (Å²) in [6, 6.07) is 6.05. The van der Waals surface area contributed by atoms with Crippen LogP contribution in [0.2, 0.25) is 0 Å². The number of para-hydroxylation sites is 2. The van der Waals surface area contributed by atoms with Crippen LogP contribution < -0.4 is 0 Å². The Morgan fingerprint density at radius 1 is 1.43 bits per heavy atom. The Balaban J connectivity index is 2.21. The summed E-state index contributed by atoms with van der Waals surface area (Å²) in [6.45, 7) is 0.0486. The van der Waals surface area contributed by atoms with Crippen LogP contribution in [0.25, 0.3) is 16.1 Å². The molecule has 2 unspecified atom stereocenters. The zero-order valence-electron chi connectivity index (χ0n) is 11.9. The van der Waals surface area contributed by atoms with E-state index >= 15 is 0 Å². The number of benzene rings is 1. The van der Waals surface area contributed by atoms with Crippen LogP contribution in [0.3, 0.4) is 0 Å². The van der Waals surface area contributed by atoms with Crippen LogP contribution in [0, 0.1) is 10.1 Å². The molecule has 0 aliphatic heterocycles. The third-order valence-corrected chi connectivity index (χ3v) is 3.22. The van der Waals surface area contributed by atoms with Gasteiger partial charge in [0.2, 0.25) is 0 Å². The molecule has 0 radical (unpaired) electrons. The lowest BCUT2D eigenvalue weighted by Gasteiger charge is -2.15. The molecule has 0 amide bonds. The van der Waals surface area contributed by atoms with Crippen molar-refractivity contribution in [2.24, 2.45) is 5.11 Å². The molecule has 0 aliphatic rings. The molecule has 1 aromatic carbocycles. The highest BCUT2D eigenvalue weighted by molar-refractivity contribution is 5.51. The Morgan fingerprint density at radius 2 is 2.17 bits per heavy atom. The van der Waals surface area contributed by atoms with E-state index in [1.807, 2.05) is 0 Å². The number of aliphatic hydroxyl groups excluding tert-OH is 2. The topological polar surface area (TPSA) is 150 Å². The number of rotatable bonds is 7. The van der Waals surface area contributed by atoms with Crippen molar-refractivity contribution in [3.05, 3.63) is 62.8 Å². The van der Waals surface area contributed by atoms with Gasteiger partial charge in [-0.2, -0.15) is 5.10 Å². The molecule has 23 heavy (non-hydrogen) atoms. The van der Waals surface area contributed by atoms with Crippen LogP contribution in [0.5, 0.6) is 0 Å². The molecule has 0 saturated carbocycles. The van der Waals surface area contributed by atoms with Crippen molar-refractivity contribution < 1.29 is 15.1 Å². The fraction of sp³-hybridized carbons (Fsp3) is 0.308. The third kappa shape index (κ3) is 3.83. The molecule has 1 heterocycles. The summed E-state index contributed by atoms with van der Waals surface area (Å²) >= 11 is 0. The average molecular weight is 318 g/mol. The molecule has 10 heteroatoms. The Kier molecular flexibility index (Phi) is 5.26. The minimum absolute atomic E-state index is 0.0486. The number of hydrogen-bond donors (Lipinski definition) is 2. The molecule has 0 saturated heterocycles. The molecule has 0 bridgehead atoms. The Hall–Kier alpha value is -2.94. The quantitative estimate of drug-likeness (QED) is 0.262. The van der Waals surface area contributed by atoms with Gasteiger partial charge in [-0.05, 0) is 18.0 Å². The number of aromatic nitrogens is 2. The van der Waals surface area contributed by atoms with Crippen LogP contribution in [0.1, 0.15) is 18.1 Å². The molecule has 0 aliphatic carbocycles. The van der Waals surface area contributed by atoms with Gasteiger partial charge in [0.05, 0.1) is 17.2 Å². The first-order valence-corrected chi connectivity index (χ1v) is 6.70. The van der Waals surface area contributed by atoms with Gasteiger partial charge in [0.15, 0.2) is 0 Å². The minimum Gasteiger partial charge on any atom is -0.390 e. The Labute approximate surface area is 130 Å². The van der Waals surface area contributed by atoms with Gasteiger partial charge in [-0.15, -0.1) is 0 Å². The van der Waals surface area contributed by atoms with Gasteiger partial charge in [-0.3, -0.25) is 10.1 Å². The van der Waals surface area contributed by atoms with Crippen LogP contribution in [-0.4, -0.2) is 37.6 Å². The second-order valence-electron chi connectivity index (χ2n) is 4.72. The highest BCUT2D eigenvalue weighted by atomic mass is 16.6. The lowest BCUT2D eigenvalue weighted by Crippen LogP contribution is -2.18. The number of aliphatic hydroxyl groups is 2. The second kappa shape index (κ2) is 7.36. The average Bonchev–Trinajstić information content (AvgIpc) is 3.04. The van der Waals surface area contributed by atoms with E-state index in [1.165, 1.54) is 29.2 Å². The molecule has 2 rings (SSSR count). The van der Waals surface area contributed by atoms with Gasteiger partial charge in [-0.1, -0.05) is 17.2 Å². The van der Waals surface area contributed by atoms with E-state index in [9.17, 15) is 20.3 Å². The maximum absolute atomic E-state index is 11.0. The molecule has 0 spiro atoms. The molecule has 2 N–H and O–H groups in total. The second-order valence-corrected chi connectivity index (χ2v) is 4.72. The summed E-state index contributed by atoms with van der Waals surface area (Å²) in [5, 5.41) is 38.2. The van der Waals surface area contributed by atoms with Gasteiger partial charge in [0, 0.05) is 29.3 Å². The summed E-state index contributed by atoms with van der Waals surface area (Å²) in [4.78, 5) is 13.1. The van der Waals surface area contributed by atoms with E-state index in [2.05, 4.69) is 15.1 Å². The summed E-state index contributed by atoms with van der Waals surface area (Å²) in [7, 11) is 0. The van der Waals surface area contributed by atoms with Crippen molar-refractivity contribution in [2.45, 2.75) is 18.6 Å². The SMILES string of the molecule is [N-]=[N+]=NCCC(O)C(O)c1cnn(-c2ccccc2[N+](=O)[O-])c1. The predicted octanol–water partition coefficient (Wildman–Crippen LogP) is 1.88. The highest BCUT2D eigenvalue weighted by Gasteiger charge is 2.21. The predicted molar refractivity (Wildman–Crippen MR) is 79.8 cm³/mol. The van der Waals surface area contributed by atoms with Gasteiger partial charge in [-0.25, -0.2) is 4.68 Å². The maximum Gasteiger partial charge on any atom is 0.294 e. The zero-order chi connectivity index (χ0) is 16.8. The molecule has 2 atom stereocenters. The van der Waals surface area contributed by atoms with Crippen LogP contribution in [0.15, 0.2) is 41.8 Å². The largest absolute Gasteiger partial charge is 0.390 e. The van der Waals surface area contributed by atoms with Crippen molar-refractivity contribution in [3.8, 4) is 5.69 Å². The van der Waals surface area contributed by atoms with Crippen LogP contribution >= 0.6 is 0 Å². The number of nitrogens with zero attached hydrogens (tertiary/aromatic N) is 6. The molecule has 2 aromatic rings. The normalized spacial score (nSPS) is 13.1. The fourth-order valence-corrected chi connectivity index (χ4v) is 2.05. The fourth-order valence-electron chi connectivity index (χ4n) is 2.05. The summed E-state index contributed by atoms with van der Waals surface area (Å²) in [6.07, 6.45) is 0.438. The number of nitro benzene ring substituents is 1. The van der Waals surface area contributed by atoms with E-state index in [1.54, 1.807) is 12.1 Å². The van der Waals surface area contributed by atoms with E-state index < -0.39 is 17.1 Å². The third-order valence-electron chi connectivity index (χ3n) is 3.22. The smallest absolute Gasteiger partial charge is 0.294 e.